The van der Waals surface area contributed by atoms with E-state index in [2.05, 4.69) is 86.3 Å². The number of nitrogens with zero attached hydrogens (tertiary/aromatic N) is 1. The summed E-state index contributed by atoms with van der Waals surface area (Å²) in [7, 11) is 0. The van der Waals surface area contributed by atoms with Crippen LogP contribution in [0.25, 0.3) is 10.8 Å². The molecule has 3 unspecified atom stereocenters. The maximum Gasteiger partial charge on any atom is 0.412 e. The average molecular weight is 1450 g/mol. The Bertz CT molecular complexity index is 3100. The van der Waals surface area contributed by atoms with E-state index in [-0.39, 0.29) is 74.3 Å². The number of carbonyl (C=O) groups excluding carboxylic acids is 8. The number of amides is 6. The number of ether oxygens (including phenoxy) is 3. The fourth-order valence-electron chi connectivity index (χ4n) is 9.05. The SMILES string of the molecule is CC(=NC(CC(=O)O)C(=O)NCCCC[C@@H](NC(=O)CNC(=O)C(Cc1ccc(OC(C)(C)C)cc1)NC(=O)C(Cc1ccc(NC(=O)OC(C)(C)C)cc1)N[C-]=O)C(=O)OC(C)(C)C)C1=C(O)CC(C)(C)CC1=O.Cc1ccc2ccccc2c1.[Fm]. The third kappa shape index (κ3) is 26.0. The molecule has 478 valence electrons. The van der Waals surface area contributed by atoms with Crippen LogP contribution in [0.2, 0.25) is 0 Å². The predicted molar refractivity (Wildman–Crippen MR) is 328 cm³/mol. The molecular weight excluding hydrogens is 1360 g/mol. The second-order valence-corrected chi connectivity index (χ2v) is 25.1. The Kier molecular flexibility index (Phi) is 26.4. The number of hydrogen-bond acceptors (Lipinski definition) is 14. The van der Waals surface area contributed by atoms with Crippen LogP contribution in [-0.4, -0.2) is 124 Å². The Morgan fingerprint density at radius 2 is 1.30 bits per heavy atom. The number of Topliss-reactive ketones (excluding diaryl/α,β-unsaturated/α-hetero) is 1. The summed E-state index contributed by atoms with van der Waals surface area (Å²) in [6, 6.07) is 23.1. The van der Waals surface area contributed by atoms with Crippen molar-refractivity contribution in [1.29, 1.82) is 0 Å². The Labute approximate surface area is 504 Å². The first kappa shape index (κ1) is 71.6. The molecule has 0 aliphatic heterocycles. The van der Waals surface area contributed by atoms with E-state index >= 15 is 0 Å². The molecule has 0 saturated carbocycles. The van der Waals surface area contributed by atoms with Crippen molar-refractivity contribution < 1.29 is 67.6 Å². The van der Waals surface area contributed by atoms with Gasteiger partial charge in [0.25, 0.3) is 0 Å². The third-order valence-electron chi connectivity index (χ3n) is 12.8. The third-order valence-corrected chi connectivity index (χ3v) is 12.8. The van der Waals surface area contributed by atoms with Gasteiger partial charge in [0.15, 0.2) is 5.78 Å². The summed E-state index contributed by atoms with van der Waals surface area (Å²) >= 11 is 0. The number of carboxylic acid groups (broad SMARTS) is 1. The van der Waals surface area contributed by atoms with Gasteiger partial charge in [0.1, 0.15) is 46.4 Å². The molecule has 0 heterocycles. The minimum absolute atomic E-state index is 0. The number of fused-ring (bicyclic) bond motifs is 1. The predicted octanol–water partition coefficient (Wildman–Crippen LogP) is 8.39. The fourth-order valence-corrected chi connectivity index (χ4v) is 9.05. The Morgan fingerprint density at radius 3 is 1.87 bits per heavy atom. The molecule has 5 rings (SSSR count). The smallest absolute Gasteiger partial charge is 0.412 e. The topological polar surface area (TPSA) is 306 Å². The number of aliphatic hydroxyl groups excluding tert-OH is 1. The van der Waals surface area contributed by atoms with Gasteiger partial charge < -0.3 is 55.8 Å². The molecule has 6 amide bonds. The average Bonchev–Trinajstić information content (AvgIpc) is 3.56. The van der Waals surface area contributed by atoms with Crippen molar-refractivity contribution >= 4 is 76.0 Å². The van der Waals surface area contributed by atoms with Gasteiger partial charge in [0.2, 0.25) is 23.6 Å². The van der Waals surface area contributed by atoms with Gasteiger partial charge in [-0.3, -0.25) is 39.1 Å². The van der Waals surface area contributed by atoms with Crippen LogP contribution >= 0.6 is 0 Å². The molecule has 87 heavy (non-hydrogen) atoms. The minimum Gasteiger partial charge on any atom is -0.520 e. The molecule has 0 bridgehead atoms. The van der Waals surface area contributed by atoms with Crippen molar-refractivity contribution in [1.82, 2.24) is 26.6 Å². The van der Waals surface area contributed by atoms with Crippen LogP contribution < -0.4 is 36.6 Å². The quantitative estimate of drug-likeness (QED) is 0.0102. The summed E-state index contributed by atoms with van der Waals surface area (Å²) in [5.74, 6) is -5.07. The van der Waals surface area contributed by atoms with Crippen molar-refractivity contribution in [3.63, 3.8) is 0 Å². The number of carboxylic acids is 1. The number of nitrogens with one attached hydrogen (secondary N) is 6. The molecule has 22 heteroatoms. The molecule has 4 aromatic carbocycles. The van der Waals surface area contributed by atoms with Crippen LogP contribution in [-0.2, 0) is 60.7 Å². The summed E-state index contributed by atoms with van der Waals surface area (Å²) < 4.78 is 16.8. The Morgan fingerprint density at radius 1 is 0.701 bits per heavy atom. The first-order valence-corrected chi connectivity index (χ1v) is 28.6. The normalized spacial score (nSPS) is 14.6. The van der Waals surface area contributed by atoms with Crippen LogP contribution in [0.4, 0.5) is 10.5 Å². The van der Waals surface area contributed by atoms with Gasteiger partial charge in [-0.25, -0.2) is 9.59 Å². The monoisotopic (exact) mass is 1450 g/mol. The maximum atomic E-state index is 13.9. The van der Waals surface area contributed by atoms with E-state index in [1.807, 2.05) is 34.6 Å². The van der Waals surface area contributed by atoms with Gasteiger partial charge in [-0.15, -0.1) is 0 Å². The van der Waals surface area contributed by atoms with E-state index in [4.69, 9.17) is 14.2 Å². The number of allylic oxidation sites excluding steroid dienone is 2. The molecule has 4 atom stereocenters. The molecule has 0 fully saturated rings. The van der Waals surface area contributed by atoms with Crippen LogP contribution in [0.5, 0.6) is 5.75 Å². The maximum absolute atomic E-state index is 13.9. The van der Waals surface area contributed by atoms with Crippen molar-refractivity contribution in [2.45, 2.75) is 182 Å². The van der Waals surface area contributed by atoms with Crippen molar-refractivity contribution in [2.24, 2.45) is 10.4 Å². The van der Waals surface area contributed by atoms with E-state index < -0.39 is 101 Å². The summed E-state index contributed by atoms with van der Waals surface area (Å²) in [4.78, 5) is 120. The number of aliphatic hydroxyl groups is 1. The molecule has 0 radical (unpaired) electrons. The number of esters is 1. The Balaban J connectivity index is 0.00000146. The van der Waals surface area contributed by atoms with Gasteiger partial charge >= 0.3 is 18.0 Å². The van der Waals surface area contributed by atoms with E-state index in [0.717, 1.165) is 0 Å². The summed E-state index contributed by atoms with van der Waals surface area (Å²) in [5.41, 5.74) is 0.337. The number of benzene rings is 4. The molecule has 21 nitrogen and oxygen atoms in total. The molecule has 0 saturated heterocycles. The number of aliphatic imine (C=N–C) groups is 1. The molecule has 4 aromatic rings. The van der Waals surface area contributed by atoms with Crippen molar-refractivity contribution in [2.75, 3.05) is 18.4 Å². The minimum atomic E-state index is -1.41. The van der Waals surface area contributed by atoms with Gasteiger partial charge in [-0.05, 0) is 153 Å². The van der Waals surface area contributed by atoms with E-state index in [9.17, 15) is 53.4 Å². The van der Waals surface area contributed by atoms with Crippen LogP contribution in [0.1, 0.15) is 138 Å². The number of carbonyl (C=O) groups is 8. The molecule has 0 aromatic heterocycles. The molecule has 8 N–H and O–H groups in total. The molecule has 1 aliphatic carbocycles. The molecular formula is C65H86FmN7O14-. The molecule has 1 aliphatic rings. The van der Waals surface area contributed by atoms with Crippen LogP contribution in [0.3, 0.4) is 0 Å². The number of aryl methyl sites for hydroxylation is 1. The van der Waals surface area contributed by atoms with Crippen LogP contribution in [0.15, 0.2) is 107 Å². The number of anilines is 1. The second-order valence-electron chi connectivity index (χ2n) is 25.1. The van der Waals surface area contributed by atoms with E-state index in [1.165, 1.54) is 23.3 Å². The number of rotatable bonds is 25. The zero-order valence-electron chi connectivity index (χ0n) is 52.1. The number of ketones is 1. The first-order chi connectivity index (χ1) is 40.1. The largest absolute Gasteiger partial charge is 0.520 e. The van der Waals surface area contributed by atoms with E-state index in [0.29, 0.717) is 22.6 Å². The van der Waals surface area contributed by atoms with Gasteiger partial charge in [0.05, 0.1) is 24.6 Å². The molecule has 0 spiro atoms. The van der Waals surface area contributed by atoms with Crippen LogP contribution in [0, 0.1) is 12.3 Å². The summed E-state index contributed by atoms with van der Waals surface area (Å²) in [6.45, 7) is 22.4. The second kappa shape index (κ2) is 32.0. The number of aliphatic carboxylic acids is 1. The van der Waals surface area contributed by atoms with Crippen molar-refractivity contribution in [3.8, 4) is 5.75 Å². The standard InChI is InChI=1S/C54H76N7O14.C11H10.Fm/c1-32(45-41(63)28-54(11,12)29-42(45)64)58-40(27-44(66)67)46(68)55-24-14-13-15-37(49(71)74-52(5,6)7)60-43(65)30-56-47(69)39(26-34-18-22-36(23-19-34)73-51(2,3)4)61-48(70)38(57-31-62)25-33-16-20-35(21-17-33)59-50(72)75-53(8,9)10;1-9-6-7-10-4-2-3-5-11(10)8-9;/h16-23,37-40,63H,13-15,24-30H2,1-12H3,(H,55,68)(H,56,69)(H,57,62)(H,59,72)(H,60,65)(H,61,70)(H,66,67);2-8H,1H3;/q-1;;/t37-,38?,39?,40?;;/m1../s1. The number of hydrogen-bond donors (Lipinski definition) is 8. The zero-order valence-corrected chi connectivity index (χ0v) is 54.5. The summed E-state index contributed by atoms with van der Waals surface area (Å²) in [6.07, 6.45) is 1.01. The Hall–Kier alpha value is -9.62. The first-order valence-electron chi connectivity index (χ1n) is 28.6. The van der Waals surface area contributed by atoms with Gasteiger partial charge in [-0.1, -0.05) is 86.1 Å². The number of unbranched alkanes of at least 4 members (excludes halogenated alkanes) is 1. The fraction of sp³-hybridized carbons (Fsp3) is 0.477. The van der Waals surface area contributed by atoms with Crippen molar-refractivity contribution in [3.05, 3.63) is 119 Å². The zero-order chi connectivity index (χ0) is 64.2. The van der Waals surface area contributed by atoms with E-state index in [1.54, 1.807) is 96.5 Å². The summed E-state index contributed by atoms with van der Waals surface area (Å²) in [5, 5.41) is 38.3. The van der Waals surface area contributed by atoms with Gasteiger partial charge in [0, 0.05) is 37.2 Å². The van der Waals surface area contributed by atoms with Gasteiger partial charge in [-0.2, -0.15) is 6.41 Å².